The van der Waals surface area contributed by atoms with Crippen molar-refractivity contribution in [3.63, 3.8) is 0 Å². The average molecular weight is 263 g/mol. The number of hydrogen-bond acceptors (Lipinski definition) is 3. The summed E-state index contributed by atoms with van der Waals surface area (Å²) in [5.74, 6) is 0. The molecule has 0 saturated heterocycles. The average Bonchev–Trinajstić information content (AvgIpc) is 2.96. The van der Waals surface area contributed by atoms with E-state index >= 15 is 0 Å². The molecule has 0 aromatic carbocycles. The van der Waals surface area contributed by atoms with Crippen LogP contribution in [0.15, 0.2) is 23.7 Å². The van der Waals surface area contributed by atoms with Crippen molar-refractivity contribution in [3.8, 4) is 0 Å². The molecule has 1 unspecified atom stereocenters. The van der Waals surface area contributed by atoms with Gasteiger partial charge in [0.2, 0.25) is 0 Å². The molecule has 0 amide bonds. The van der Waals surface area contributed by atoms with Gasteiger partial charge in [0.1, 0.15) is 0 Å². The summed E-state index contributed by atoms with van der Waals surface area (Å²) in [6, 6.07) is 4.71. The SMILES string of the molecule is CCc1ccsc1C(N)Cc1ccn(C(C)C)n1. The minimum Gasteiger partial charge on any atom is -0.323 e. The van der Waals surface area contributed by atoms with Gasteiger partial charge in [-0.15, -0.1) is 11.3 Å². The lowest BCUT2D eigenvalue weighted by molar-refractivity contribution is 0.523. The second kappa shape index (κ2) is 5.67. The Kier molecular flexibility index (Phi) is 4.19. The van der Waals surface area contributed by atoms with Crippen molar-refractivity contribution in [2.45, 2.75) is 45.7 Å². The van der Waals surface area contributed by atoms with Crippen molar-refractivity contribution < 1.29 is 0 Å². The second-order valence-electron chi connectivity index (χ2n) is 4.86. The van der Waals surface area contributed by atoms with Crippen LogP contribution in [0.5, 0.6) is 0 Å². The molecule has 0 radical (unpaired) electrons. The molecule has 2 rings (SSSR count). The number of nitrogens with two attached hydrogens (primary N) is 1. The monoisotopic (exact) mass is 263 g/mol. The summed E-state index contributed by atoms with van der Waals surface area (Å²) in [6.07, 6.45) is 3.89. The summed E-state index contributed by atoms with van der Waals surface area (Å²) in [6.45, 7) is 6.43. The van der Waals surface area contributed by atoms with Crippen LogP contribution in [0.25, 0.3) is 0 Å². The van der Waals surface area contributed by atoms with Crippen LogP contribution in [0, 0.1) is 0 Å². The summed E-state index contributed by atoms with van der Waals surface area (Å²) >= 11 is 1.75. The van der Waals surface area contributed by atoms with Crippen LogP contribution >= 0.6 is 11.3 Å². The topological polar surface area (TPSA) is 43.8 Å². The van der Waals surface area contributed by atoms with Crippen LogP contribution in [-0.4, -0.2) is 9.78 Å². The maximum absolute atomic E-state index is 6.29. The highest BCUT2D eigenvalue weighted by Gasteiger charge is 2.14. The molecule has 2 N–H and O–H groups in total. The Morgan fingerprint density at radius 1 is 1.39 bits per heavy atom. The Hall–Kier alpha value is -1.13. The Bertz CT molecular complexity index is 499. The molecule has 2 aromatic heterocycles. The third-order valence-electron chi connectivity index (χ3n) is 3.12. The zero-order chi connectivity index (χ0) is 13.1. The van der Waals surface area contributed by atoms with Crippen LogP contribution in [0.2, 0.25) is 0 Å². The smallest absolute Gasteiger partial charge is 0.0643 e. The first kappa shape index (κ1) is 13.3. The molecule has 18 heavy (non-hydrogen) atoms. The molecule has 0 aliphatic carbocycles. The Balaban J connectivity index is 2.08. The molecule has 1 atom stereocenters. The second-order valence-corrected chi connectivity index (χ2v) is 5.80. The van der Waals surface area contributed by atoms with Gasteiger partial charge < -0.3 is 5.73 Å². The normalized spacial score (nSPS) is 13.2. The first-order valence-electron chi connectivity index (χ1n) is 6.47. The predicted octanol–water partition coefficient (Wildman–Crippen LogP) is 3.33. The van der Waals surface area contributed by atoms with E-state index in [0.29, 0.717) is 6.04 Å². The molecule has 0 saturated carbocycles. The van der Waals surface area contributed by atoms with E-state index in [4.69, 9.17) is 5.73 Å². The number of hydrogen-bond donors (Lipinski definition) is 1. The zero-order valence-electron chi connectivity index (χ0n) is 11.3. The summed E-state index contributed by atoms with van der Waals surface area (Å²) in [4.78, 5) is 1.30. The highest BCUT2D eigenvalue weighted by atomic mass is 32.1. The number of aromatic nitrogens is 2. The number of thiophene rings is 1. The van der Waals surface area contributed by atoms with E-state index < -0.39 is 0 Å². The van der Waals surface area contributed by atoms with E-state index in [1.54, 1.807) is 11.3 Å². The quantitative estimate of drug-likeness (QED) is 0.899. The fraction of sp³-hybridized carbons (Fsp3) is 0.500. The van der Waals surface area contributed by atoms with Crippen LogP contribution in [-0.2, 0) is 12.8 Å². The van der Waals surface area contributed by atoms with Gasteiger partial charge in [-0.2, -0.15) is 5.10 Å². The van der Waals surface area contributed by atoms with Gasteiger partial charge in [0.05, 0.1) is 5.69 Å². The lowest BCUT2D eigenvalue weighted by atomic mass is 10.1. The van der Waals surface area contributed by atoms with Crippen LogP contribution in [0.4, 0.5) is 0 Å². The van der Waals surface area contributed by atoms with Crippen LogP contribution < -0.4 is 5.73 Å². The summed E-state index contributed by atoms with van der Waals surface area (Å²) in [7, 11) is 0. The molecule has 2 aromatic rings. The van der Waals surface area contributed by atoms with Gasteiger partial charge >= 0.3 is 0 Å². The minimum absolute atomic E-state index is 0.0652. The first-order valence-corrected chi connectivity index (χ1v) is 7.35. The molecule has 3 nitrogen and oxygen atoms in total. The standard InChI is InChI=1S/C14H21N3S/c1-4-11-6-8-18-14(11)13(15)9-12-5-7-17(16-12)10(2)3/h5-8,10,13H,4,9,15H2,1-3H3. The van der Waals surface area contributed by atoms with Gasteiger partial charge in [0.25, 0.3) is 0 Å². The molecule has 0 fully saturated rings. The van der Waals surface area contributed by atoms with Crippen molar-refractivity contribution >= 4 is 11.3 Å². The van der Waals surface area contributed by atoms with Gasteiger partial charge in [-0.3, -0.25) is 4.68 Å². The summed E-state index contributed by atoms with van der Waals surface area (Å²) < 4.78 is 1.98. The number of nitrogens with zero attached hydrogens (tertiary/aromatic N) is 2. The maximum atomic E-state index is 6.29. The lowest BCUT2D eigenvalue weighted by Crippen LogP contribution is -2.14. The molecule has 4 heteroatoms. The number of aryl methyl sites for hydroxylation is 1. The largest absolute Gasteiger partial charge is 0.323 e. The maximum Gasteiger partial charge on any atom is 0.0643 e. The third-order valence-corrected chi connectivity index (χ3v) is 4.21. The van der Waals surface area contributed by atoms with E-state index in [2.05, 4.69) is 43.4 Å². The van der Waals surface area contributed by atoms with Crippen LogP contribution in [0.3, 0.4) is 0 Å². The molecule has 98 valence electrons. The van der Waals surface area contributed by atoms with E-state index in [1.807, 2.05) is 10.9 Å². The van der Waals surface area contributed by atoms with Crippen molar-refractivity contribution in [3.05, 3.63) is 39.8 Å². The molecular weight excluding hydrogens is 242 g/mol. The number of rotatable bonds is 5. The predicted molar refractivity (Wildman–Crippen MR) is 76.9 cm³/mol. The Labute approximate surface area is 113 Å². The minimum atomic E-state index is 0.0652. The zero-order valence-corrected chi connectivity index (χ0v) is 12.1. The molecular formula is C14H21N3S. The van der Waals surface area contributed by atoms with Crippen molar-refractivity contribution in [1.82, 2.24) is 9.78 Å². The lowest BCUT2D eigenvalue weighted by Gasteiger charge is -2.10. The molecule has 2 heterocycles. The highest BCUT2D eigenvalue weighted by molar-refractivity contribution is 7.10. The van der Waals surface area contributed by atoms with E-state index in [1.165, 1.54) is 10.4 Å². The fourth-order valence-electron chi connectivity index (χ4n) is 2.06. The van der Waals surface area contributed by atoms with Gasteiger partial charge in [-0.1, -0.05) is 6.92 Å². The molecule has 0 aliphatic rings. The fourth-order valence-corrected chi connectivity index (χ4v) is 3.06. The van der Waals surface area contributed by atoms with E-state index in [0.717, 1.165) is 18.5 Å². The van der Waals surface area contributed by atoms with Gasteiger partial charge in [-0.05, 0) is 43.3 Å². The van der Waals surface area contributed by atoms with Crippen molar-refractivity contribution in [1.29, 1.82) is 0 Å². The molecule has 0 aliphatic heterocycles. The molecule has 0 spiro atoms. The van der Waals surface area contributed by atoms with Gasteiger partial charge in [-0.25, -0.2) is 0 Å². The van der Waals surface area contributed by atoms with Crippen molar-refractivity contribution in [2.75, 3.05) is 0 Å². The van der Waals surface area contributed by atoms with E-state index in [9.17, 15) is 0 Å². The van der Waals surface area contributed by atoms with Crippen LogP contribution in [0.1, 0.15) is 49.0 Å². The highest BCUT2D eigenvalue weighted by Crippen LogP contribution is 2.25. The van der Waals surface area contributed by atoms with Gasteiger partial charge in [0.15, 0.2) is 0 Å². The third kappa shape index (κ3) is 2.82. The van der Waals surface area contributed by atoms with Crippen molar-refractivity contribution in [2.24, 2.45) is 5.73 Å². The first-order chi connectivity index (χ1) is 8.61. The molecule has 0 bridgehead atoms. The summed E-state index contributed by atoms with van der Waals surface area (Å²) in [5.41, 5.74) is 8.74. The Morgan fingerprint density at radius 3 is 2.78 bits per heavy atom. The van der Waals surface area contributed by atoms with Gasteiger partial charge in [0, 0.05) is 29.6 Å². The Morgan fingerprint density at radius 2 is 2.17 bits per heavy atom. The summed E-state index contributed by atoms with van der Waals surface area (Å²) in [5, 5.41) is 6.68. The van der Waals surface area contributed by atoms with E-state index in [-0.39, 0.29) is 6.04 Å².